The molecular formula is C15H23BrN2O. The van der Waals surface area contributed by atoms with Crippen LogP contribution in [-0.2, 0) is 0 Å². The number of para-hydroxylation sites is 1. The highest BCUT2D eigenvalue weighted by atomic mass is 79.9. The molecule has 1 heterocycles. The van der Waals surface area contributed by atoms with Crippen molar-refractivity contribution >= 4 is 15.9 Å². The number of halogens is 1. The summed E-state index contributed by atoms with van der Waals surface area (Å²) >= 11 is 3.42. The number of phenols is 1. The molecule has 1 aromatic carbocycles. The fourth-order valence-corrected chi connectivity index (χ4v) is 3.29. The topological polar surface area (TPSA) is 35.5 Å². The van der Waals surface area contributed by atoms with Crippen LogP contribution in [0.5, 0.6) is 5.75 Å². The highest BCUT2D eigenvalue weighted by Gasteiger charge is 2.34. The third-order valence-corrected chi connectivity index (χ3v) is 4.29. The molecular weight excluding hydrogens is 304 g/mol. The van der Waals surface area contributed by atoms with Crippen molar-refractivity contribution in [2.24, 2.45) is 5.41 Å². The summed E-state index contributed by atoms with van der Waals surface area (Å²) in [7, 11) is 0. The van der Waals surface area contributed by atoms with E-state index in [1.54, 1.807) is 0 Å². The summed E-state index contributed by atoms with van der Waals surface area (Å²) in [5, 5.41) is 13.8. The SMILES string of the molecule is CC(C)(C)[C@@H](c1cccc(Br)c1O)N1CCNCC1. The van der Waals surface area contributed by atoms with Crippen molar-refractivity contribution in [2.75, 3.05) is 26.2 Å². The molecule has 0 aromatic heterocycles. The summed E-state index contributed by atoms with van der Waals surface area (Å²) in [6.07, 6.45) is 0. The van der Waals surface area contributed by atoms with Gasteiger partial charge in [-0.2, -0.15) is 0 Å². The summed E-state index contributed by atoms with van der Waals surface area (Å²) in [4.78, 5) is 2.47. The third kappa shape index (κ3) is 3.30. The lowest BCUT2D eigenvalue weighted by atomic mass is 9.80. The smallest absolute Gasteiger partial charge is 0.134 e. The average molecular weight is 327 g/mol. The van der Waals surface area contributed by atoms with Crippen LogP contribution in [0.15, 0.2) is 22.7 Å². The van der Waals surface area contributed by atoms with Gasteiger partial charge in [0.15, 0.2) is 0 Å². The van der Waals surface area contributed by atoms with Crippen LogP contribution in [0.25, 0.3) is 0 Å². The van der Waals surface area contributed by atoms with Crippen LogP contribution in [0.4, 0.5) is 0 Å². The number of aromatic hydroxyl groups is 1. The number of phenolic OH excluding ortho intramolecular Hbond substituents is 1. The largest absolute Gasteiger partial charge is 0.506 e. The van der Waals surface area contributed by atoms with E-state index in [0.717, 1.165) is 36.2 Å². The first-order valence-corrected chi connectivity index (χ1v) is 7.62. The highest BCUT2D eigenvalue weighted by Crippen LogP contribution is 2.43. The molecule has 106 valence electrons. The van der Waals surface area contributed by atoms with Crippen LogP contribution in [0.1, 0.15) is 32.4 Å². The van der Waals surface area contributed by atoms with E-state index in [0.29, 0.717) is 5.75 Å². The Kier molecular flexibility index (Phi) is 4.54. The Morgan fingerprint density at radius 3 is 2.47 bits per heavy atom. The zero-order valence-electron chi connectivity index (χ0n) is 11.9. The Morgan fingerprint density at radius 1 is 1.26 bits per heavy atom. The first-order chi connectivity index (χ1) is 8.91. The van der Waals surface area contributed by atoms with Crippen LogP contribution >= 0.6 is 15.9 Å². The molecule has 0 aliphatic carbocycles. The van der Waals surface area contributed by atoms with Crippen LogP contribution in [0, 0.1) is 5.41 Å². The fraction of sp³-hybridized carbons (Fsp3) is 0.600. The van der Waals surface area contributed by atoms with Gasteiger partial charge in [0.05, 0.1) is 4.47 Å². The van der Waals surface area contributed by atoms with E-state index < -0.39 is 0 Å². The molecule has 0 unspecified atom stereocenters. The van der Waals surface area contributed by atoms with Crippen molar-refractivity contribution in [3.63, 3.8) is 0 Å². The van der Waals surface area contributed by atoms with E-state index in [1.807, 2.05) is 18.2 Å². The average Bonchev–Trinajstić information content (AvgIpc) is 2.35. The second kappa shape index (κ2) is 5.81. The second-order valence-corrected chi connectivity index (χ2v) is 7.09. The lowest BCUT2D eigenvalue weighted by molar-refractivity contribution is 0.0842. The van der Waals surface area contributed by atoms with Crippen molar-refractivity contribution in [3.05, 3.63) is 28.2 Å². The monoisotopic (exact) mass is 326 g/mol. The standard InChI is InChI=1S/C15H23BrN2O/c1-15(2,3)14(18-9-7-17-8-10-18)11-5-4-6-12(16)13(11)19/h4-6,14,17,19H,7-10H2,1-3H3/t14-/m1/s1. The van der Waals surface area contributed by atoms with E-state index in [1.165, 1.54) is 0 Å². The minimum atomic E-state index is 0.0790. The van der Waals surface area contributed by atoms with E-state index in [-0.39, 0.29) is 11.5 Å². The first-order valence-electron chi connectivity index (χ1n) is 6.83. The molecule has 0 radical (unpaired) electrons. The molecule has 1 aliphatic rings. The van der Waals surface area contributed by atoms with E-state index in [4.69, 9.17) is 0 Å². The maximum absolute atomic E-state index is 10.4. The van der Waals surface area contributed by atoms with Gasteiger partial charge in [-0.15, -0.1) is 0 Å². The van der Waals surface area contributed by atoms with Crippen LogP contribution in [-0.4, -0.2) is 36.2 Å². The third-order valence-electron chi connectivity index (χ3n) is 3.65. The van der Waals surface area contributed by atoms with Gasteiger partial charge in [0, 0.05) is 37.8 Å². The molecule has 1 saturated heterocycles. The number of rotatable bonds is 2. The summed E-state index contributed by atoms with van der Waals surface area (Å²) in [5.74, 6) is 0.376. The fourth-order valence-electron chi connectivity index (χ4n) is 2.90. The van der Waals surface area contributed by atoms with E-state index >= 15 is 0 Å². The zero-order valence-corrected chi connectivity index (χ0v) is 13.5. The normalized spacial score (nSPS) is 19.4. The summed E-state index contributed by atoms with van der Waals surface area (Å²) in [5.41, 5.74) is 1.10. The number of nitrogens with one attached hydrogen (secondary N) is 1. The molecule has 2 rings (SSSR count). The predicted molar refractivity (Wildman–Crippen MR) is 82.4 cm³/mol. The minimum Gasteiger partial charge on any atom is -0.506 e. The molecule has 2 N–H and O–H groups in total. The van der Waals surface area contributed by atoms with Gasteiger partial charge in [0.25, 0.3) is 0 Å². The number of piperazine rings is 1. The molecule has 0 amide bonds. The Labute approximate surface area is 124 Å². The van der Waals surface area contributed by atoms with Gasteiger partial charge in [-0.1, -0.05) is 32.9 Å². The summed E-state index contributed by atoms with van der Waals surface area (Å²) < 4.78 is 0.773. The Morgan fingerprint density at radius 2 is 1.89 bits per heavy atom. The highest BCUT2D eigenvalue weighted by molar-refractivity contribution is 9.10. The van der Waals surface area contributed by atoms with Crippen molar-refractivity contribution < 1.29 is 5.11 Å². The van der Waals surface area contributed by atoms with Crippen molar-refractivity contribution in [2.45, 2.75) is 26.8 Å². The lowest BCUT2D eigenvalue weighted by Crippen LogP contribution is -2.48. The number of hydrogen-bond acceptors (Lipinski definition) is 3. The van der Waals surface area contributed by atoms with E-state index in [9.17, 15) is 5.11 Å². The van der Waals surface area contributed by atoms with Gasteiger partial charge < -0.3 is 10.4 Å². The maximum Gasteiger partial charge on any atom is 0.134 e. The number of nitrogens with zero attached hydrogens (tertiary/aromatic N) is 1. The molecule has 4 heteroatoms. The predicted octanol–water partition coefficient (Wildman–Crippen LogP) is 3.15. The molecule has 1 atom stereocenters. The van der Waals surface area contributed by atoms with Crippen LogP contribution < -0.4 is 5.32 Å². The van der Waals surface area contributed by atoms with Gasteiger partial charge in [-0.25, -0.2) is 0 Å². The minimum absolute atomic E-state index is 0.0790. The van der Waals surface area contributed by atoms with Gasteiger partial charge in [0.2, 0.25) is 0 Å². The summed E-state index contributed by atoms with van der Waals surface area (Å²) in [6, 6.07) is 6.15. The quantitative estimate of drug-likeness (QED) is 0.876. The Bertz CT molecular complexity index is 436. The van der Waals surface area contributed by atoms with Crippen LogP contribution in [0.2, 0.25) is 0 Å². The zero-order chi connectivity index (χ0) is 14.0. The van der Waals surface area contributed by atoms with Crippen LogP contribution in [0.3, 0.4) is 0 Å². The molecule has 3 nitrogen and oxygen atoms in total. The molecule has 19 heavy (non-hydrogen) atoms. The summed E-state index contributed by atoms with van der Waals surface area (Å²) in [6.45, 7) is 10.8. The number of benzene rings is 1. The Hall–Kier alpha value is -0.580. The van der Waals surface area contributed by atoms with E-state index in [2.05, 4.69) is 46.9 Å². The molecule has 1 fully saturated rings. The maximum atomic E-state index is 10.4. The molecule has 0 bridgehead atoms. The second-order valence-electron chi connectivity index (χ2n) is 6.23. The Balaban J connectivity index is 2.40. The van der Waals surface area contributed by atoms with Crippen molar-refractivity contribution in [3.8, 4) is 5.75 Å². The van der Waals surface area contributed by atoms with Crippen molar-refractivity contribution in [1.82, 2.24) is 10.2 Å². The first kappa shape index (κ1) is 14.8. The molecule has 1 aliphatic heterocycles. The molecule has 0 spiro atoms. The van der Waals surface area contributed by atoms with Gasteiger partial charge >= 0.3 is 0 Å². The lowest BCUT2D eigenvalue weighted by Gasteiger charge is -2.42. The van der Waals surface area contributed by atoms with Gasteiger partial charge in [-0.3, -0.25) is 4.90 Å². The number of hydrogen-bond donors (Lipinski definition) is 2. The molecule has 0 saturated carbocycles. The van der Waals surface area contributed by atoms with Crippen molar-refractivity contribution in [1.29, 1.82) is 0 Å². The van der Waals surface area contributed by atoms with Gasteiger partial charge in [0.1, 0.15) is 5.75 Å². The molecule has 1 aromatic rings. The van der Waals surface area contributed by atoms with Gasteiger partial charge in [-0.05, 0) is 27.4 Å².